The Kier molecular flexibility index (Phi) is 7.11. The van der Waals surface area contributed by atoms with E-state index in [-0.39, 0.29) is 0 Å². The van der Waals surface area contributed by atoms with Crippen LogP contribution in [0.1, 0.15) is 44.5 Å². The highest BCUT2D eigenvalue weighted by Crippen LogP contribution is 2.64. The largest absolute Gasteiger partial charge is 0.309 e. The molecule has 0 saturated carbocycles. The molecule has 1 spiro atoms. The number of hydrogen-bond donors (Lipinski definition) is 0. The molecule has 0 N–H and O–H groups in total. The second-order valence-electron chi connectivity index (χ2n) is 15.8. The second kappa shape index (κ2) is 12.4. The maximum Gasteiger partial charge on any atom is 0.171 e. The van der Waals surface area contributed by atoms with Gasteiger partial charge in [-0.05, 0) is 77.9 Å². The van der Waals surface area contributed by atoms with E-state index in [4.69, 9.17) is 0 Å². The summed E-state index contributed by atoms with van der Waals surface area (Å²) in [6.07, 6.45) is 0. The Bertz CT molecular complexity index is 2990. The van der Waals surface area contributed by atoms with E-state index in [0.717, 1.165) is 21.5 Å². The first-order valence-electron chi connectivity index (χ1n) is 20.1. The fourth-order valence-electron chi connectivity index (χ4n) is 11.0. The summed E-state index contributed by atoms with van der Waals surface area (Å²) in [5.74, 6) is 0. The van der Waals surface area contributed by atoms with Gasteiger partial charge in [0, 0.05) is 15.9 Å². The van der Waals surface area contributed by atoms with Crippen LogP contribution in [-0.4, -0.2) is 0 Å². The molecular weight excluding hydrogens is 720 g/mol. The molecule has 3 aliphatic rings. The quantitative estimate of drug-likeness (QED) is 0.160. The Labute approximate surface area is 339 Å². The SMILES string of the molecule is O=P(c1ccccc1)(c1ccccc1)c1ccc(C2(c3ccc4c(c3)C3(c5ccccc5-c5ccccc53)c3ccccc3-4)c3ccccc3-c3ccccc32)cc1. The summed E-state index contributed by atoms with van der Waals surface area (Å²) in [6, 6.07) is 81.0. The van der Waals surface area contributed by atoms with Gasteiger partial charge in [-0.25, -0.2) is 0 Å². The third-order valence-electron chi connectivity index (χ3n) is 13.3. The summed E-state index contributed by atoms with van der Waals surface area (Å²) in [4.78, 5) is 0. The molecular formula is C56H37OP. The Morgan fingerprint density at radius 1 is 0.259 bits per heavy atom. The zero-order valence-electron chi connectivity index (χ0n) is 31.7. The molecule has 0 heterocycles. The molecule has 58 heavy (non-hydrogen) atoms. The smallest absolute Gasteiger partial charge is 0.171 e. The molecule has 12 rings (SSSR count). The van der Waals surface area contributed by atoms with E-state index in [1.54, 1.807) is 0 Å². The molecule has 0 amide bonds. The molecule has 9 aromatic carbocycles. The standard InChI is InChI=1S/C56H37OP/c57-58(40-17-3-1-4-18-40,41-19-5-2-6-20-41)42-34-31-38(32-35-42)55(49-26-12-7-21-43(49)44-22-8-13-27-50(44)55)39-33-36-48-47-25-11-16-30-53(47)56(54(48)37-39)51-28-14-9-23-45(51)46-24-10-15-29-52(46)56/h1-37H. The molecule has 0 aromatic heterocycles. The Balaban J connectivity index is 1.15. The maximum atomic E-state index is 15.6. The predicted octanol–water partition coefficient (Wildman–Crippen LogP) is 12.0. The highest BCUT2D eigenvalue weighted by Gasteiger charge is 2.53. The van der Waals surface area contributed by atoms with Crippen LogP contribution in [0.4, 0.5) is 0 Å². The molecule has 1 nitrogen and oxygen atoms in total. The average molecular weight is 757 g/mol. The third-order valence-corrected chi connectivity index (χ3v) is 16.4. The lowest BCUT2D eigenvalue weighted by Gasteiger charge is -2.36. The lowest BCUT2D eigenvalue weighted by molar-refractivity contribution is 0.592. The molecule has 272 valence electrons. The highest BCUT2D eigenvalue weighted by molar-refractivity contribution is 7.85. The van der Waals surface area contributed by atoms with Gasteiger partial charge in [-0.2, -0.15) is 0 Å². The van der Waals surface area contributed by atoms with Crippen LogP contribution in [0, 0.1) is 0 Å². The zero-order valence-corrected chi connectivity index (χ0v) is 32.6. The van der Waals surface area contributed by atoms with Crippen molar-refractivity contribution in [1.82, 2.24) is 0 Å². The minimum absolute atomic E-state index is 0.462. The molecule has 0 atom stereocenters. The predicted molar refractivity (Wildman–Crippen MR) is 239 cm³/mol. The summed E-state index contributed by atoms with van der Waals surface area (Å²) in [6.45, 7) is 0. The van der Waals surface area contributed by atoms with E-state index in [2.05, 4.69) is 164 Å². The Morgan fingerprint density at radius 3 is 0.983 bits per heavy atom. The van der Waals surface area contributed by atoms with Crippen LogP contribution in [0.3, 0.4) is 0 Å². The second-order valence-corrected chi connectivity index (χ2v) is 18.6. The van der Waals surface area contributed by atoms with Crippen molar-refractivity contribution in [3.63, 3.8) is 0 Å². The van der Waals surface area contributed by atoms with Crippen LogP contribution in [0.2, 0.25) is 0 Å². The molecule has 2 heteroatoms. The summed E-state index contributed by atoms with van der Waals surface area (Å²) in [7, 11) is -3.18. The Hall–Kier alpha value is -6.79. The van der Waals surface area contributed by atoms with Crippen molar-refractivity contribution in [1.29, 1.82) is 0 Å². The number of hydrogen-bond acceptors (Lipinski definition) is 1. The average Bonchev–Trinajstić information content (AvgIpc) is 3.90. The molecule has 0 radical (unpaired) electrons. The highest BCUT2D eigenvalue weighted by atomic mass is 31.2. The molecule has 0 saturated heterocycles. The molecule has 0 aliphatic heterocycles. The van der Waals surface area contributed by atoms with Crippen molar-refractivity contribution in [2.75, 3.05) is 0 Å². The fourth-order valence-corrected chi connectivity index (χ4v) is 13.6. The van der Waals surface area contributed by atoms with Crippen molar-refractivity contribution in [3.05, 3.63) is 269 Å². The summed E-state index contributed by atoms with van der Waals surface area (Å²) in [5, 5.41) is 2.49. The van der Waals surface area contributed by atoms with Gasteiger partial charge in [-0.15, -0.1) is 0 Å². The number of rotatable bonds is 5. The van der Waals surface area contributed by atoms with Gasteiger partial charge >= 0.3 is 0 Å². The maximum absolute atomic E-state index is 15.6. The number of benzene rings is 9. The topological polar surface area (TPSA) is 17.1 Å². The third kappa shape index (κ3) is 4.19. The van der Waals surface area contributed by atoms with Gasteiger partial charge in [0.15, 0.2) is 7.14 Å². The first-order chi connectivity index (χ1) is 28.7. The van der Waals surface area contributed by atoms with Crippen LogP contribution >= 0.6 is 7.14 Å². The lowest BCUT2D eigenvalue weighted by Crippen LogP contribution is -2.31. The van der Waals surface area contributed by atoms with Crippen LogP contribution < -0.4 is 15.9 Å². The first kappa shape index (κ1) is 33.4. The van der Waals surface area contributed by atoms with Gasteiger partial charge in [0.2, 0.25) is 0 Å². The monoisotopic (exact) mass is 756 g/mol. The first-order valence-corrected chi connectivity index (χ1v) is 21.8. The van der Waals surface area contributed by atoms with E-state index in [9.17, 15) is 0 Å². The van der Waals surface area contributed by atoms with Crippen molar-refractivity contribution in [3.8, 4) is 33.4 Å². The minimum Gasteiger partial charge on any atom is -0.309 e. The number of fused-ring (bicyclic) bond motifs is 13. The van der Waals surface area contributed by atoms with Crippen molar-refractivity contribution in [2.45, 2.75) is 10.8 Å². The summed E-state index contributed by atoms with van der Waals surface area (Å²) in [5.41, 5.74) is 16.8. The Morgan fingerprint density at radius 2 is 0.569 bits per heavy atom. The van der Waals surface area contributed by atoms with E-state index in [0.29, 0.717) is 0 Å². The summed E-state index contributed by atoms with van der Waals surface area (Å²) >= 11 is 0. The van der Waals surface area contributed by atoms with Crippen LogP contribution in [0.25, 0.3) is 33.4 Å². The van der Waals surface area contributed by atoms with Gasteiger partial charge in [0.1, 0.15) is 0 Å². The van der Waals surface area contributed by atoms with E-state index < -0.39 is 18.0 Å². The minimum atomic E-state index is -3.18. The fraction of sp³-hybridized carbons (Fsp3) is 0.0357. The lowest BCUT2D eigenvalue weighted by atomic mass is 9.65. The van der Waals surface area contributed by atoms with Gasteiger partial charge < -0.3 is 4.57 Å². The van der Waals surface area contributed by atoms with E-state index in [1.807, 2.05) is 60.7 Å². The summed E-state index contributed by atoms with van der Waals surface area (Å²) < 4.78 is 15.6. The van der Waals surface area contributed by atoms with E-state index >= 15 is 4.57 Å². The van der Waals surface area contributed by atoms with Crippen molar-refractivity contribution in [2.24, 2.45) is 0 Å². The van der Waals surface area contributed by atoms with E-state index in [1.165, 1.54) is 72.3 Å². The molecule has 0 unspecified atom stereocenters. The zero-order chi connectivity index (χ0) is 38.5. The van der Waals surface area contributed by atoms with Gasteiger partial charge in [0.25, 0.3) is 0 Å². The van der Waals surface area contributed by atoms with Gasteiger partial charge in [-0.3, -0.25) is 0 Å². The van der Waals surface area contributed by atoms with Crippen LogP contribution in [0.5, 0.6) is 0 Å². The molecule has 9 aromatic rings. The van der Waals surface area contributed by atoms with Gasteiger partial charge in [0.05, 0.1) is 10.8 Å². The molecule has 0 bridgehead atoms. The van der Waals surface area contributed by atoms with Crippen LogP contribution in [0.15, 0.2) is 224 Å². The van der Waals surface area contributed by atoms with Crippen molar-refractivity contribution >= 4 is 23.1 Å². The molecule has 3 aliphatic carbocycles. The van der Waals surface area contributed by atoms with Crippen molar-refractivity contribution < 1.29 is 4.57 Å². The van der Waals surface area contributed by atoms with Gasteiger partial charge in [-0.1, -0.05) is 224 Å². The van der Waals surface area contributed by atoms with Crippen LogP contribution in [-0.2, 0) is 15.4 Å². The molecule has 0 fully saturated rings. The normalized spacial score (nSPS) is 14.6.